The Hall–Kier alpha value is -1.29. The SMILES string of the molecule is CCC(c1ccco1)N1CCC(CC(=O)O)C1. The molecule has 4 heteroatoms. The minimum absolute atomic E-state index is 0.283. The van der Waals surface area contributed by atoms with Crippen molar-refractivity contribution >= 4 is 5.97 Å². The summed E-state index contributed by atoms with van der Waals surface area (Å²) < 4.78 is 5.46. The lowest BCUT2D eigenvalue weighted by molar-refractivity contribution is -0.138. The summed E-state index contributed by atoms with van der Waals surface area (Å²) >= 11 is 0. The van der Waals surface area contributed by atoms with Gasteiger partial charge in [0, 0.05) is 13.0 Å². The molecule has 0 aromatic carbocycles. The molecule has 1 fully saturated rings. The predicted octanol–water partition coefficient (Wildman–Crippen LogP) is 2.53. The van der Waals surface area contributed by atoms with E-state index in [-0.39, 0.29) is 12.3 Å². The Balaban J connectivity index is 1.96. The molecule has 2 unspecified atom stereocenters. The van der Waals surface area contributed by atoms with E-state index < -0.39 is 5.97 Å². The van der Waals surface area contributed by atoms with Crippen LogP contribution in [-0.2, 0) is 4.79 Å². The highest BCUT2D eigenvalue weighted by Gasteiger charge is 2.30. The predicted molar refractivity (Wildman–Crippen MR) is 63.7 cm³/mol. The van der Waals surface area contributed by atoms with Crippen molar-refractivity contribution in [2.75, 3.05) is 13.1 Å². The van der Waals surface area contributed by atoms with E-state index in [0.29, 0.717) is 6.04 Å². The smallest absolute Gasteiger partial charge is 0.303 e. The topological polar surface area (TPSA) is 53.7 Å². The zero-order valence-electron chi connectivity index (χ0n) is 10.1. The highest BCUT2D eigenvalue weighted by atomic mass is 16.4. The number of hydrogen-bond acceptors (Lipinski definition) is 3. The molecule has 1 saturated heterocycles. The third-order valence-electron chi connectivity index (χ3n) is 3.48. The van der Waals surface area contributed by atoms with Crippen molar-refractivity contribution in [1.82, 2.24) is 4.90 Å². The lowest BCUT2D eigenvalue weighted by atomic mass is 10.1. The first-order chi connectivity index (χ1) is 8.20. The molecule has 2 atom stereocenters. The van der Waals surface area contributed by atoms with E-state index in [1.165, 1.54) is 0 Å². The summed E-state index contributed by atoms with van der Waals surface area (Å²) in [5, 5.41) is 8.80. The number of carboxylic acids is 1. The molecular weight excluding hydrogens is 218 g/mol. The monoisotopic (exact) mass is 237 g/mol. The zero-order valence-corrected chi connectivity index (χ0v) is 10.1. The molecule has 0 bridgehead atoms. The van der Waals surface area contributed by atoms with Crippen LogP contribution >= 0.6 is 0 Å². The van der Waals surface area contributed by atoms with Crippen LogP contribution in [-0.4, -0.2) is 29.1 Å². The summed E-state index contributed by atoms with van der Waals surface area (Å²) in [6, 6.07) is 4.20. The van der Waals surface area contributed by atoms with Crippen molar-refractivity contribution in [3.05, 3.63) is 24.2 Å². The number of likely N-dealkylation sites (tertiary alicyclic amines) is 1. The van der Waals surface area contributed by atoms with Crippen molar-refractivity contribution < 1.29 is 14.3 Å². The van der Waals surface area contributed by atoms with Crippen molar-refractivity contribution in [2.45, 2.75) is 32.2 Å². The van der Waals surface area contributed by atoms with Gasteiger partial charge in [-0.2, -0.15) is 0 Å². The van der Waals surface area contributed by atoms with E-state index in [1.54, 1.807) is 6.26 Å². The number of rotatable bonds is 5. The van der Waals surface area contributed by atoms with Crippen LogP contribution in [0.3, 0.4) is 0 Å². The Morgan fingerprint density at radius 3 is 3.12 bits per heavy atom. The summed E-state index contributed by atoms with van der Waals surface area (Å²) in [5.74, 6) is 0.586. The first kappa shape index (κ1) is 12.2. The Bertz CT molecular complexity index is 361. The summed E-state index contributed by atoms with van der Waals surface area (Å²) in [5.41, 5.74) is 0. The van der Waals surface area contributed by atoms with E-state index in [9.17, 15) is 4.79 Å². The summed E-state index contributed by atoms with van der Waals surface area (Å²) in [4.78, 5) is 13.0. The van der Waals surface area contributed by atoms with Crippen LogP contribution in [0, 0.1) is 5.92 Å². The standard InChI is InChI=1S/C13H19NO3/c1-2-11(12-4-3-7-17-12)14-6-5-10(9-14)8-13(15)16/h3-4,7,10-11H,2,5-6,8-9H2,1H3,(H,15,16). The van der Waals surface area contributed by atoms with E-state index in [4.69, 9.17) is 9.52 Å². The minimum atomic E-state index is -0.692. The molecule has 0 saturated carbocycles. The molecule has 0 spiro atoms. The fourth-order valence-corrected chi connectivity index (χ4v) is 2.68. The highest BCUT2D eigenvalue weighted by molar-refractivity contribution is 5.67. The highest BCUT2D eigenvalue weighted by Crippen LogP contribution is 2.31. The molecule has 94 valence electrons. The van der Waals surface area contributed by atoms with Crippen LogP contribution in [0.15, 0.2) is 22.8 Å². The Morgan fingerprint density at radius 2 is 2.53 bits per heavy atom. The van der Waals surface area contributed by atoms with Crippen LogP contribution in [0.25, 0.3) is 0 Å². The first-order valence-electron chi connectivity index (χ1n) is 6.20. The number of nitrogens with zero attached hydrogens (tertiary/aromatic N) is 1. The molecule has 0 radical (unpaired) electrons. The molecule has 1 aromatic heterocycles. The molecule has 17 heavy (non-hydrogen) atoms. The fraction of sp³-hybridized carbons (Fsp3) is 0.615. The normalized spacial score (nSPS) is 22.8. The van der Waals surface area contributed by atoms with Gasteiger partial charge >= 0.3 is 5.97 Å². The second-order valence-electron chi connectivity index (χ2n) is 4.69. The maximum absolute atomic E-state index is 10.7. The van der Waals surface area contributed by atoms with Crippen LogP contribution in [0.5, 0.6) is 0 Å². The van der Waals surface area contributed by atoms with E-state index >= 15 is 0 Å². The fourth-order valence-electron chi connectivity index (χ4n) is 2.68. The van der Waals surface area contributed by atoms with Gasteiger partial charge in [-0.3, -0.25) is 9.69 Å². The second kappa shape index (κ2) is 5.36. The molecular formula is C13H19NO3. The van der Waals surface area contributed by atoms with Gasteiger partial charge in [-0.05, 0) is 37.4 Å². The van der Waals surface area contributed by atoms with Crippen molar-refractivity contribution in [3.8, 4) is 0 Å². The zero-order chi connectivity index (χ0) is 12.3. The van der Waals surface area contributed by atoms with Gasteiger partial charge < -0.3 is 9.52 Å². The van der Waals surface area contributed by atoms with Crippen LogP contribution in [0.4, 0.5) is 0 Å². The molecule has 4 nitrogen and oxygen atoms in total. The maximum Gasteiger partial charge on any atom is 0.303 e. The number of furan rings is 1. The van der Waals surface area contributed by atoms with Crippen LogP contribution < -0.4 is 0 Å². The molecule has 1 aliphatic rings. The van der Waals surface area contributed by atoms with Gasteiger partial charge in [0.05, 0.1) is 12.3 Å². The van der Waals surface area contributed by atoms with Gasteiger partial charge in [-0.1, -0.05) is 6.92 Å². The molecule has 2 heterocycles. The minimum Gasteiger partial charge on any atom is -0.481 e. The van der Waals surface area contributed by atoms with Gasteiger partial charge in [0.15, 0.2) is 0 Å². The van der Waals surface area contributed by atoms with Crippen LogP contribution in [0.2, 0.25) is 0 Å². The Labute approximate surface area is 101 Å². The molecule has 0 aliphatic carbocycles. The number of carboxylic acid groups (broad SMARTS) is 1. The lowest BCUT2D eigenvalue weighted by Gasteiger charge is -2.24. The van der Waals surface area contributed by atoms with Crippen molar-refractivity contribution in [2.24, 2.45) is 5.92 Å². The largest absolute Gasteiger partial charge is 0.481 e. The first-order valence-corrected chi connectivity index (χ1v) is 6.20. The van der Waals surface area contributed by atoms with Gasteiger partial charge in [0.1, 0.15) is 5.76 Å². The quantitative estimate of drug-likeness (QED) is 0.855. The number of hydrogen-bond donors (Lipinski definition) is 1. The average Bonchev–Trinajstić information content (AvgIpc) is 2.90. The lowest BCUT2D eigenvalue weighted by Crippen LogP contribution is -2.26. The third kappa shape index (κ3) is 2.88. The van der Waals surface area contributed by atoms with Gasteiger partial charge in [-0.25, -0.2) is 0 Å². The number of carbonyl (C=O) groups is 1. The molecule has 1 N–H and O–H groups in total. The second-order valence-corrected chi connectivity index (χ2v) is 4.69. The molecule has 2 rings (SSSR count). The van der Waals surface area contributed by atoms with Gasteiger partial charge in [-0.15, -0.1) is 0 Å². The van der Waals surface area contributed by atoms with E-state index in [2.05, 4.69) is 11.8 Å². The molecule has 1 aliphatic heterocycles. The molecule has 1 aromatic rings. The van der Waals surface area contributed by atoms with Crippen molar-refractivity contribution in [3.63, 3.8) is 0 Å². The van der Waals surface area contributed by atoms with Crippen LogP contribution in [0.1, 0.15) is 38.0 Å². The Morgan fingerprint density at radius 1 is 1.71 bits per heavy atom. The van der Waals surface area contributed by atoms with Crippen molar-refractivity contribution in [1.29, 1.82) is 0 Å². The molecule has 0 amide bonds. The maximum atomic E-state index is 10.7. The van der Waals surface area contributed by atoms with Gasteiger partial charge in [0.2, 0.25) is 0 Å². The summed E-state index contributed by atoms with van der Waals surface area (Å²) in [6.07, 6.45) is 3.95. The summed E-state index contributed by atoms with van der Waals surface area (Å²) in [7, 11) is 0. The van der Waals surface area contributed by atoms with Gasteiger partial charge in [0.25, 0.3) is 0 Å². The number of aliphatic carboxylic acids is 1. The van der Waals surface area contributed by atoms with E-state index in [1.807, 2.05) is 12.1 Å². The van der Waals surface area contributed by atoms with E-state index in [0.717, 1.165) is 31.7 Å². The summed E-state index contributed by atoms with van der Waals surface area (Å²) in [6.45, 7) is 3.97. The average molecular weight is 237 g/mol. The third-order valence-corrected chi connectivity index (χ3v) is 3.48. The Kier molecular flexibility index (Phi) is 3.84.